The Labute approximate surface area is 120 Å². The molecule has 108 valence electrons. The molecule has 0 bridgehead atoms. The lowest BCUT2D eigenvalue weighted by atomic mass is 9.91. The van der Waals surface area contributed by atoms with Crippen LogP contribution in [0.4, 0.5) is 0 Å². The Morgan fingerprint density at radius 2 is 1.95 bits per heavy atom. The van der Waals surface area contributed by atoms with Crippen molar-refractivity contribution in [3.8, 4) is 5.75 Å². The SMILES string of the molecule is CCc1cc(CC(C)(O)c2ccc(OC)cc2)n(C)n1. The van der Waals surface area contributed by atoms with E-state index in [1.54, 1.807) is 7.11 Å². The van der Waals surface area contributed by atoms with Gasteiger partial charge in [0.1, 0.15) is 5.75 Å². The molecule has 1 aromatic carbocycles. The van der Waals surface area contributed by atoms with Crippen LogP contribution >= 0.6 is 0 Å². The smallest absolute Gasteiger partial charge is 0.118 e. The van der Waals surface area contributed by atoms with Crippen LogP contribution in [-0.2, 0) is 25.5 Å². The third-order valence-corrected chi connectivity index (χ3v) is 3.63. The molecule has 2 rings (SSSR count). The number of methoxy groups -OCH3 is 1. The van der Waals surface area contributed by atoms with E-state index in [0.717, 1.165) is 29.1 Å². The third kappa shape index (κ3) is 3.02. The molecule has 1 atom stereocenters. The first-order valence-corrected chi connectivity index (χ1v) is 6.85. The average Bonchev–Trinajstić information content (AvgIpc) is 2.79. The molecule has 0 aliphatic heterocycles. The Bertz CT molecular complexity index is 571. The standard InChI is InChI=1S/C16H22N2O2/c1-5-13-10-14(18(3)17-13)11-16(2,19)12-6-8-15(20-4)9-7-12/h6-10,19H,5,11H2,1-4H3. The van der Waals surface area contributed by atoms with E-state index >= 15 is 0 Å². The average molecular weight is 274 g/mol. The summed E-state index contributed by atoms with van der Waals surface area (Å²) in [6.45, 7) is 3.90. The number of rotatable bonds is 5. The van der Waals surface area contributed by atoms with Crippen LogP contribution in [0, 0.1) is 0 Å². The van der Waals surface area contributed by atoms with Crippen LogP contribution in [0.5, 0.6) is 5.75 Å². The molecule has 1 N–H and O–H groups in total. The summed E-state index contributed by atoms with van der Waals surface area (Å²) in [7, 11) is 3.55. The van der Waals surface area contributed by atoms with E-state index in [2.05, 4.69) is 18.1 Å². The van der Waals surface area contributed by atoms with Gasteiger partial charge in [-0.1, -0.05) is 19.1 Å². The summed E-state index contributed by atoms with van der Waals surface area (Å²) in [6.07, 6.45) is 1.43. The molecule has 0 aliphatic carbocycles. The number of aliphatic hydroxyl groups is 1. The molecular weight excluding hydrogens is 252 g/mol. The van der Waals surface area contributed by atoms with E-state index < -0.39 is 5.60 Å². The molecule has 0 saturated carbocycles. The minimum Gasteiger partial charge on any atom is -0.497 e. The predicted octanol–water partition coefficient (Wildman–Crippen LogP) is 2.44. The van der Waals surface area contributed by atoms with E-state index in [4.69, 9.17) is 4.74 Å². The molecule has 4 nitrogen and oxygen atoms in total. The van der Waals surface area contributed by atoms with Gasteiger partial charge in [-0.3, -0.25) is 4.68 Å². The summed E-state index contributed by atoms with van der Waals surface area (Å²) in [4.78, 5) is 0. The fourth-order valence-electron chi connectivity index (χ4n) is 2.31. The summed E-state index contributed by atoms with van der Waals surface area (Å²) in [6, 6.07) is 9.58. The minimum atomic E-state index is -0.926. The topological polar surface area (TPSA) is 47.3 Å². The Morgan fingerprint density at radius 3 is 2.45 bits per heavy atom. The number of aromatic nitrogens is 2. The highest BCUT2D eigenvalue weighted by molar-refractivity contribution is 5.31. The largest absolute Gasteiger partial charge is 0.497 e. The van der Waals surface area contributed by atoms with Crippen molar-refractivity contribution in [2.45, 2.75) is 32.3 Å². The van der Waals surface area contributed by atoms with Gasteiger partial charge in [-0.2, -0.15) is 5.10 Å². The fourth-order valence-corrected chi connectivity index (χ4v) is 2.31. The Morgan fingerprint density at radius 1 is 1.30 bits per heavy atom. The molecular formula is C16H22N2O2. The molecule has 1 unspecified atom stereocenters. The highest BCUT2D eigenvalue weighted by Crippen LogP contribution is 2.27. The Hall–Kier alpha value is -1.81. The van der Waals surface area contributed by atoms with Gasteiger partial charge in [-0.15, -0.1) is 0 Å². The number of nitrogens with zero attached hydrogens (tertiary/aromatic N) is 2. The maximum atomic E-state index is 10.7. The molecule has 1 heterocycles. The van der Waals surface area contributed by atoms with E-state index in [0.29, 0.717) is 6.42 Å². The van der Waals surface area contributed by atoms with Gasteiger partial charge in [-0.05, 0) is 37.1 Å². The summed E-state index contributed by atoms with van der Waals surface area (Å²) >= 11 is 0. The lowest BCUT2D eigenvalue weighted by Crippen LogP contribution is -2.25. The Balaban J connectivity index is 2.22. The Kier molecular flexibility index (Phi) is 4.14. The summed E-state index contributed by atoms with van der Waals surface area (Å²) < 4.78 is 6.99. The monoisotopic (exact) mass is 274 g/mol. The number of hydrogen-bond acceptors (Lipinski definition) is 3. The molecule has 2 aromatic rings. The molecule has 0 radical (unpaired) electrons. The first-order valence-electron chi connectivity index (χ1n) is 6.85. The first-order chi connectivity index (χ1) is 9.46. The number of hydrogen-bond donors (Lipinski definition) is 1. The van der Waals surface area contributed by atoms with Crippen LogP contribution in [0.2, 0.25) is 0 Å². The lowest BCUT2D eigenvalue weighted by molar-refractivity contribution is 0.0555. The lowest BCUT2D eigenvalue weighted by Gasteiger charge is -2.24. The molecule has 0 spiro atoms. The number of aryl methyl sites for hydroxylation is 2. The van der Waals surface area contributed by atoms with Crippen LogP contribution in [-0.4, -0.2) is 22.0 Å². The molecule has 0 amide bonds. The van der Waals surface area contributed by atoms with Crippen molar-refractivity contribution >= 4 is 0 Å². The van der Waals surface area contributed by atoms with Gasteiger partial charge < -0.3 is 9.84 Å². The molecule has 20 heavy (non-hydrogen) atoms. The molecule has 1 aromatic heterocycles. The second-order valence-electron chi connectivity index (χ2n) is 5.28. The third-order valence-electron chi connectivity index (χ3n) is 3.63. The van der Waals surface area contributed by atoms with Crippen molar-refractivity contribution in [3.05, 3.63) is 47.3 Å². The van der Waals surface area contributed by atoms with Crippen LogP contribution < -0.4 is 4.74 Å². The van der Waals surface area contributed by atoms with Crippen LogP contribution in [0.3, 0.4) is 0 Å². The van der Waals surface area contributed by atoms with Crippen LogP contribution in [0.15, 0.2) is 30.3 Å². The van der Waals surface area contributed by atoms with Crippen LogP contribution in [0.25, 0.3) is 0 Å². The van der Waals surface area contributed by atoms with Gasteiger partial charge in [0, 0.05) is 19.2 Å². The highest BCUT2D eigenvalue weighted by Gasteiger charge is 2.25. The summed E-state index contributed by atoms with van der Waals surface area (Å²) in [5, 5.41) is 15.1. The highest BCUT2D eigenvalue weighted by atomic mass is 16.5. The van der Waals surface area contributed by atoms with Gasteiger partial charge >= 0.3 is 0 Å². The molecule has 0 fully saturated rings. The molecule has 4 heteroatoms. The van der Waals surface area contributed by atoms with Crippen molar-refractivity contribution in [3.63, 3.8) is 0 Å². The fraction of sp³-hybridized carbons (Fsp3) is 0.438. The molecule has 0 aliphatic rings. The number of benzene rings is 1. The number of ether oxygens (including phenoxy) is 1. The van der Waals surface area contributed by atoms with Gasteiger partial charge in [0.05, 0.1) is 18.4 Å². The second-order valence-corrected chi connectivity index (χ2v) is 5.28. The summed E-state index contributed by atoms with van der Waals surface area (Å²) in [5.74, 6) is 0.790. The van der Waals surface area contributed by atoms with E-state index in [1.807, 2.05) is 42.9 Å². The van der Waals surface area contributed by atoms with Crippen molar-refractivity contribution in [2.75, 3.05) is 7.11 Å². The normalized spacial score (nSPS) is 14.1. The predicted molar refractivity (Wildman–Crippen MR) is 78.9 cm³/mol. The second kappa shape index (κ2) is 5.67. The quantitative estimate of drug-likeness (QED) is 0.911. The zero-order valence-electron chi connectivity index (χ0n) is 12.6. The van der Waals surface area contributed by atoms with Gasteiger partial charge in [0.2, 0.25) is 0 Å². The zero-order valence-corrected chi connectivity index (χ0v) is 12.6. The van der Waals surface area contributed by atoms with E-state index in [-0.39, 0.29) is 0 Å². The van der Waals surface area contributed by atoms with Crippen molar-refractivity contribution in [1.29, 1.82) is 0 Å². The maximum Gasteiger partial charge on any atom is 0.118 e. The van der Waals surface area contributed by atoms with Crippen molar-refractivity contribution < 1.29 is 9.84 Å². The van der Waals surface area contributed by atoms with Crippen molar-refractivity contribution in [1.82, 2.24) is 9.78 Å². The minimum absolute atomic E-state index is 0.531. The maximum absolute atomic E-state index is 10.7. The van der Waals surface area contributed by atoms with Gasteiger partial charge in [0.15, 0.2) is 0 Å². The zero-order chi connectivity index (χ0) is 14.8. The van der Waals surface area contributed by atoms with Gasteiger partial charge in [-0.25, -0.2) is 0 Å². The van der Waals surface area contributed by atoms with E-state index in [1.165, 1.54) is 0 Å². The molecule has 0 saturated heterocycles. The van der Waals surface area contributed by atoms with E-state index in [9.17, 15) is 5.11 Å². The van der Waals surface area contributed by atoms with Crippen LogP contribution in [0.1, 0.15) is 30.8 Å². The summed E-state index contributed by atoms with van der Waals surface area (Å²) in [5.41, 5.74) is 2.03. The van der Waals surface area contributed by atoms with Gasteiger partial charge in [0.25, 0.3) is 0 Å². The van der Waals surface area contributed by atoms with Crippen molar-refractivity contribution in [2.24, 2.45) is 7.05 Å². The first kappa shape index (κ1) is 14.6.